The summed E-state index contributed by atoms with van der Waals surface area (Å²) >= 11 is 0. The molecule has 2 saturated heterocycles. The van der Waals surface area contributed by atoms with Gasteiger partial charge in [-0.3, -0.25) is 0 Å². The van der Waals surface area contributed by atoms with E-state index in [1.54, 1.807) is 83.1 Å². The number of alkyl halides is 2. The van der Waals surface area contributed by atoms with Crippen LogP contribution < -0.4 is 0 Å². The fraction of sp³-hybridized carbons (Fsp3) is 0.867. The summed E-state index contributed by atoms with van der Waals surface area (Å²) < 4.78 is 58.3. The van der Waals surface area contributed by atoms with Crippen molar-refractivity contribution in [3.63, 3.8) is 0 Å². The third-order valence-corrected chi connectivity index (χ3v) is 5.53. The van der Waals surface area contributed by atoms with Crippen LogP contribution in [0.3, 0.4) is 0 Å². The number of amides is 2. The van der Waals surface area contributed by atoms with E-state index >= 15 is 0 Å². The monoisotopic (exact) mass is 638 g/mol. The van der Waals surface area contributed by atoms with Gasteiger partial charge in [-0.15, -0.1) is 0 Å². The summed E-state index contributed by atoms with van der Waals surface area (Å²) in [6.45, 7) is 21.0. The van der Waals surface area contributed by atoms with Crippen LogP contribution in [0.1, 0.15) is 95.9 Å². The second kappa shape index (κ2) is 15.3. The number of ether oxygens (including phenoxy) is 6. The van der Waals surface area contributed by atoms with E-state index in [9.17, 15) is 28.0 Å². The van der Waals surface area contributed by atoms with Crippen molar-refractivity contribution >= 4 is 24.5 Å². The summed E-state index contributed by atoms with van der Waals surface area (Å²) in [5.41, 5.74) is -2.71. The topological polar surface area (TPSA) is 130 Å². The average molecular weight is 639 g/mol. The Morgan fingerprint density at radius 2 is 0.795 bits per heavy atom. The molecule has 2 aliphatic rings. The number of rotatable bonds is 2. The lowest BCUT2D eigenvalue weighted by Crippen LogP contribution is -2.50. The van der Waals surface area contributed by atoms with Gasteiger partial charge in [-0.05, 0) is 83.1 Å². The van der Waals surface area contributed by atoms with E-state index in [2.05, 4.69) is 0 Å². The minimum absolute atomic E-state index is 0.0463. The summed E-state index contributed by atoms with van der Waals surface area (Å²) in [5.74, 6) is 0. The zero-order valence-electron chi connectivity index (χ0n) is 28.3. The van der Waals surface area contributed by atoms with E-state index < -0.39 is 71.5 Å². The summed E-state index contributed by atoms with van der Waals surface area (Å²) in [4.78, 5) is 49.9. The molecule has 2 aliphatic heterocycles. The van der Waals surface area contributed by atoms with Crippen LogP contribution in [0.15, 0.2) is 0 Å². The summed E-state index contributed by atoms with van der Waals surface area (Å²) in [6, 6.07) is 0. The zero-order chi connectivity index (χ0) is 34.3. The van der Waals surface area contributed by atoms with E-state index in [0.29, 0.717) is 0 Å². The Hall–Kier alpha value is -3.06. The third kappa shape index (κ3) is 16.1. The maximum atomic E-state index is 13.9. The fourth-order valence-electron chi connectivity index (χ4n) is 3.78. The maximum absolute atomic E-state index is 13.9. The Morgan fingerprint density at radius 3 is 1.05 bits per heavy atom. The van der Waals surface area contributed by atoms with Crippen molar-refractivity contribution in [1.29, 1.82) is 0 Å². The first kappa shape index (κ1) is 39.0. The molecule has 0 saturated carbocycles. The van der Waals surface area contributed by atoms with Crippen molar-refractivity contribution in [2.24, 2.45) is 0 Å². The second-order valence-electron chi connectivity index (χ2n) is 14.7. The molecule has 44 heavy (non-hydrogen) atoms. The second-order valence-corrected chi connectivity index (χ2v) is 14.7. The van der Waals surface area contributed by atoms with Gasteiger partial charge in [-0.1, -0.05) is 0 Å². The molecule has 0 aromatic carbocycles. The molecular formula is C30H52F2N2O10. The smallest absolute Gasteiger partial charge is 0.444 e. The largest absolute Gasteiger partial charge is 0.509 e. The van der Waals surface area contributed by atoms with Crippen LogP contribution in [0.25, 0.3) is 0 Å². The Kier molecular flexibility index (Phi) is 13.5. The van der Waals surface area contributed by atoms with Crippen molar-refractivity contribution in [3.8, 4) is 0 Å². The number of likely N-dealkylation sites (tertiary alicyclic amines) is 2. The van der Waals surface area contributed by atoms with Gasteiger partial charge >= 0.3 is 24.5 Å². The lowest BCUT2D eigenvalue weighted by molar-refractivity contribution is -0.0682. The predicted molar refractivity (Wildman–Crippen MR) is 157 cm³/mol. The Bertz CT molecular complexity index is 904. The maximum Gasteiger partial charge on any atom is 0.509 e. The van der Waals surface area contributed by atoms with Gasteiger partial charge in [0.2, 0.25) is 0 Å². The van der Waals surface area contributed by atoms with Gasteiger partial charge in [0.15, 0.2) is 12.2 Å². The summed E-state index contributed by atoms with van der Waals surface area (Å²) in [7, 11) is 0. The van der Waals surface area contributed by atoms with Gasteiger partial charge in [0.05, 0.1) is 13.1 Å². The van der Waals surface area contributed by atoms with Gasteiger partial charge in [-0.25, -0.2) is 28.0 Å². The van der Waals surface area contributed by atoms with Crippen LogP contribution in [-0.2, 0) is 28.4 Å². The number of hydrogen-bond donors (Lipinski definition) is 0. The number of halogens is 2. The van der Waals surface area contributed by atoms with Crippen molar-refractivity contribution < 1.29 is 56.4 Å². The number of piperidine rings is 2. The Balaban J connectivity index is 0.000000440. The molecule has 0 aromatic heterocycles. The molecule has 256 valence electrons. The van der Waals surface area contributed by atoms with E-state index in [0.717, 1.165) is 0 Å². The van der Waals surface area contributed by atoms with E-state index in [1.807, 2.05) is 0 Å². The number of carbonyl (C=O) groups excluding carboxylic acids is 4. The highest BCUT2D eigenvalue weighted by molar-refractivity contribution is 5.69. The molecule has 0 spiro atoms. The standard InChI is InChI=1S/2C15H26FNO5/c2*1-14(2,3)21-12(18)17-8-7-10(16)11(9-17)20-13(19)22-15(4,5)6/h2*10-11H,7-9H2,1-6H3/t2*10-,11-/m10/s1. The highest BCUT2D eigenvalue weighted by atomic mass is 19.1. The van der Waals surface area contributed by atoms with Crippen LogP contribution in [0.4, 0.5) is 28.0 Å². The van der Waals surface area contributed by atoms with E-state index in [1.165, 1.54) is 9.80 Å². The molecule has 0 unspecified atom stereocenters. The van der Waals surface area contributed by atoms with Gasteiger partial charge in [0.1, 0.15) is 34.7 Å². The molecule has 12 nitrogen and oxygen atoms in total. The first-order valence-corrected chi connectivity index (χ1v) is 14.8. The highest BCUT2D eigenvalue weighted by Gasteiger charge is 2.38. The van der Waals surface area contributed by atoms with Crippen molar-refractivity contribution in [1.82, 2.24) is 9.80 Å². The molecule has 2 rings (SSSR count). The van der Waals surface area contributed by atoms with E-state index in [-0.39, 0.29) is 39.0 Å². The molecule has 14 heteroatoms. The van der Waals surface area contributed by atoms with Crippen LogP contribution in [-0.4, -0.2) is 107 Å². The molecule has 4 atom stereocenters. The highest BCUT2D eigenvalue weighted by Crippen LogP contribution is 2.23. The Morgan fingerprint density at radius 1 is 0.523 bits per heavy atom. The molecule has 0 aliphatic carbocycles. The van der Waals surface area contributed by atoms with Gasteiger partial charge in [0.25, 0.3) is 0 Å². The molecule has 0 N–H and O–H groups in total. The van der Waals surface area contributed by atoms with Gasteiger partial charge in [-0.2, -0.15) is 0 Å². The number of nitrogens with zero attached hydrogens (tertiary/aromatic N) is 2. The molecule has 0 aromatic rings. The summed E-state index contributed by atoms with van der Waals surface area (Å²) in [5, 5.41) is 0. The first-order chi connectivity index (χ1) is 19.7. The summed E-state index contributed by atoms with van der Waals surface area (Å²) in [6.07, 6.45) is -7.53. The zero-order valence-corrected chi connectivity index (χ0v) is 28.3. The molecule has 2 heterocycles. The quantitative estimate of drug-likeness (QED) is 0.242. The van der Waals surface area contributed by atoms with Crippen molar-refractivity contribution in [3.05, 3.63) is 0 Å². The number of hydrogen-bond acceptors (Lipinski definition) is 10. The van der Waals surface area contributed by atoms with Crippen LogP contribution in [0.2, 0.25) is 0 Å². The van der Waals surface area contributed by atoms with Crippen molar-refractivity contribution in [2.75, 3.05) is 26.2 Å². The molecular weight excluding hydrogens is 586 g/mol. The fourth-order valence-corrected chi connectivity index (χ4v) is 3.78. The normalized spacial score (nSPS) is 23.0. The molecule has 2 fully saturated rings. The van der Waals surface area contributed by atoms with Gasteiger partial charge < -0.3 is 38.2 Å². The molecule has 0 radical (unpaired) electrons. The third-order valence-electron chi connectivity index (χ3n) is 5.53. The first-order valence-electron chi connectivity index (χ1n) is 14.8. The lowest BCUT2D eigenvalue weighted by atomic mass is 10.1. The van der Waals surface area contributed by atoms with Crippen LogP contribution >= 0.6 is 0 Å². The van der Waals surface area contributed by atoms with Crippen LogP contribution in [0.5, 0.6) is 0 Å². The van der Waals surface area contributed by atoms with Crippen molar-refractivity contribution in [2.45, 2.75) is 143 Å². The SMILES string of the molecule is CC(C)(C)OC(=O)O[C@@H]1CN(C(=O)OC(C)(C)C)CC[C@H]1F.CC(C)(C)OC(=O)O[C@H]1CN(C(=O)OC(C)(C)C)CC[C@@H]1F. The minimum Gasteiger partial charge on any atom is -0.444 e. The van der Waals surface area contributed by atoms with Crippen LogP contribution in [0, 0.1) is 0 Å². The average Bonchev–Trinajstić information content (AvgIpc) is 2.77. The Labute approximate surface area is 259 Å². The number of carbonyl (C=O) groups is 4. The molecule has 2 amide bonds. The lowest BCUT2D eigenvalue weighted by Gasteiger charge is -2.35. The minimum atomic E-state index is -1.33. The molecule has 0 bridgehead atoms. The predicted octanol–water partition coefficient (Wildman–Crippen LogP) is 6.57. The van der Waals surface area contributed by atoms with Gasteiger partial charge in [0, 0.05) is 25.9 Å². The van der Waals surface area contributed by atoms with E-state index in [4.69, 9.17) is 28.4 Å².